The Morgan fingerprint density at radius 2 is 1.56 bits per heavy atom. The van der Waals surface area contributed by atoms with Crippen LogP contribution in [0.3, 0.4) is 0 Å². The molecule has 9 heteroatoms. The minimum atomic E-state index is -1.03. The Hall–Kier alpha value is -4.76. The van der Waals surface area contributed by atoms with Crippen molar-refractivity contribution >= 4 is 57.2 Å². The quantitative estimate of drug-likeness (QED) is 0.319. The lowest BCUT2D eigenvalue weighted by molar-refractivity contribution is -0.130. The molecule has 1 unspecified atom stereocenters. The van der Waals surface area contributed by atoms with E-state index in [1.165, 1.54) is 9.91 Å². The highest BCUT2D eigenvalue weighted by molar-refractivity contribution is 7.80. The van der Waals surface area contributed by atoms with Gasteiger partial charge in [-0.2, -0.15) is 0 Å². The van der Waals surface area contributed by atoms with Gasteiger partial charge in [0.2, 0.25) is 11.0 Å². The maximum absolute atomic E-state index is 13.5. The molecule has 1 atom stereocenters. The van der Waals surface area contributed by atoms with E-state index in [1.54, 1.807) is 42.5 Å². The zero-order chi connectivity index (χ0) is 27.4. The van der Waals surface area contributed by atoms with E-state index in [0.717, 1.165) is 16.3 Å². The van der Waals surface area contributed by atoms with Crippen LogP contribution in [0.4, 0.5) is 11.4 Å². The van der Waals surface area contributed by atoms with Gasteiger partial charge in [-0.1, -0.05) is 66.2 Å². The summed E-state index contributed by atoms with van der Waals surface area (Å²) in [6, 6.07) is 28.5. The van der Waals surface area contributed by atoms with Crippen molar-refractivity contribution < 1.29 is 19.1 Å². The van der Waals surface area contributed by atoms with E-state index in [4.69, 9.17) is 17.0 Å². The average molecular weight is 539 g/mol. The van der Waals surface area contributed by atoms with Gasteiger partial charge in [0.15, 0.2) is 6.61 Å². The number of hydrogen-bond acceptors (Lipinski definition) is 5. The van der Waals surface area contributed by atoms with Gasteiger partial charge >= 0.3 is 0 Å². The summed E-state index contributed by atoms with van der Waals surface area (Å²) in [5.41, 5.74) is 4.89. The predicted molar refractivity (Wildman–Crippen MR) is 154 cm³/mol. The number of amides is 3. The number of anilines is 2. The molecule has 1 aliphatic heterocycles. The highest BCUT2D eigenvalue weighted by Gasteiger charge is 2.45. The van der Waals surface area contributed by atoms with Crippen LogP contribution in [0.5, 0.6) is 5.75 Å². The Morgan fingerprint density at radius 3 is 2.31 bits per heavy atom. The summed E-state index contributed by atoms with van der Waals surface area (Å²) in [4.78, 5) is 40.6. The molecule has 196 valence electrons. The third-order valence-corrected chi connectivity index (χ3v) is 6.66. The minimum Gasteiger partial charge on any atom is -0.484 e. The number of hydrazine groups is 1. The van der Waals surface area contributed by atoms with E-state index in [-0.39, 0.29) is 24.0 Å². The predicted octanol–water partition coefficient (Wildman–Crippen LogP) is 4.59. The Labute approximate surface area is 231 Å². The van der Waals surface area contributed by atoms with Crippen LogP contribution in [-0.2, 0) is 14.4 Å². The van der Waals surface area contributed by atoms with Crippen molar-refractivity contribution in [2.45, 2.75) is 19.4 Å². The number of benzene rings is 4. The minimum absolute atomic E-state index is 0.0680. The van der Waals surface area contributed by atoms with Crippen LogP contribution < -0.4 is 20.4 Å². The van der Waals surface area contributed by atoms with Crippen LogP contribution in [0.15, 0.2) is 97.1 Å². The lowest BCUT2D eigenvalue weighted by atomic mass is 10.1. The van der Waals surface area contributed by atoms with Gasteiger partial charge in [-0.15, -0.1) is 0 Å². The molecule has 1 heterocycles. The van der Waals surface area contributed by atoms with Crippen LogP contribution in [0.2, 0.25) is 0 Å². The third-order valence-electron chi connectivity index (χ3n) is 6.28. The number of thiocarbonyl (C=S) groups is 1. The maximum atomic E-state index is 13.5. The number of para-hydroxylation sites is 1. The van der Waals surface area contributed by atoms with Crippen LogP contribution in [-0.4, -0.2) is 40.5 Å². The number of nitrogens with one attached hydrogen (secondary N) is 2. The van der Waals surface area contributed by atoms with Gasteiger partial charge in [-0.25, -0.2) is 5.01 Å². The van der Waals surface area contributed by atoms with Gasteiger partial charge in [0.05, 0.1) is 12.1 Å². The Kier molecular flexibility index (Phi) is 7.51. The number of hydrogen-bond donors (Lipinski definition) is 2. The van der Waals surface area contributed by atoms with Crippen LogP contribution in [0.1, 0.15) is 12.0 Å². The van der Waals surface area contributed by atoms with E-state index in [9.17, 15) is 14.4 Å². The molecule has 0 saturated carbocycles. The van der Waals surface area contributed by atoms with E-state index < -0.39 is 17.9 Å². The molecule has 8 nitrogen and oxygen atoms in total. The van der Waals surface area contributed by atoms with Crippen molar-refractivity contribution in [1.29, 1.82) is 0 Å². The van der Waals surface area contributed by atoms with Crippen molar-refractivity contribution in [3.8, 4) is 5.75 Å². The SMILES string of the molecule is Cc1ccc(NC(=O)CC2C(=O)N(c3ccccc3)C(=S)N2NC(=O)COc2ccc3ccccc3c2)cc1. The first-order chi connectivity index (χ1) is 18.9. The van der Waals surface area contributed by atoms with Crippen molar-refractivity contribution in [2.75, 3.05) is 16.8 Å². The van der Waals surface area contributed by atoms with Gasteiger partial charge < -0.3 is 10.1 Å². The zero-order valence-electron chi connectivity index (χ0n) is 21.2. The van der Waals surface area contributed by atoms with E-state index in [0.29, 0.717) is 17.1 Å². The maximum Gasteiger partial charge on any atom is 0.276 e. The summed E-state index contributed by atoms with van der Waals surface area (Å²) in [5.74, 6) is -0.788. The van der Waals surface area contributed by atoms with Gasteiger partial charge in [0, 0.05) is 5.69 Å². The summed E-state index contributed by atoms with van der Waals surface area (Å²) in [5, 5.41) is 6.19. The number of carbonyl (C=O) groups excluding carboxylic acids is 3. The standard InChI is InChI=1S/C30H26N4O4S/c1-20-11-14-23(15-12-20)31-27(35)18-26-29(37)33(24-9-3-2-4-10-24)30(39)34(26)32-28(36)19-38-25-16-13-21-7-5-6-8-22(21)17-25/h2-17,26H,18-19H2,1H3,(H,31,35)(H,32,36). The lowest BCUT2D eigenvalue weighted by Gasteiger charge is -2.24. The van der Waals surface area contributed by atoms with Crippen LogP contribution >= 0.6 is 12.2 Å². The molecular formula is C30H26N4O4S. The molecule has 0 radical (unpaired) electrons. The first kappa shape index (κ1) is 25.9. The van der Waals surface area contributed by atoms with E-state index in [2.05, 4.69) is 10.7 Å². The van der Waals surface area contributed by atoms with Crippen molar-refractivity contribution in [2.24, 2.45) is 0 Å². The molecular weight excluding hydrogens is 512 g/mol. The fourth-order valence-electron chi connectivity index (χ4n) is 4.31. The number of nitrogens with zero attached hydrogens (tertiary/aromatic N) is 2. The number of fused-ring (bicyclic) bond motifs is 1. The summed E-state index contributed by atoms with van der Waals surface area (Å²) in [7, 11) is 0. The molecule has 3 amide bonds. The van der Waals surface area contributed by atoms with Crippen molar-refractivity contribution in [3.05, 3.63) is 103 Å². The van der Waals surface area contributed by atoms with Gasteiger partial charge in [-0.05, 0) is 66.3 Å². The molecule has 0 aromatic heterocycles. The number of carbonyl (C=O) groups is 3. The number of ether oxygens (including phenoxy) is 1. The van der Waals surface area contributed by atoms with Gasteiger partial charge in [-0.3, -0.25) is 24.7 Å². The molecule has 2 N–H and O–H groups in total. The second-order valence-electron chi connectivity index (χ2n) is 9.13. The Bertz CT molecular complexity index is 1540. The average Bonchev–Trinajstić information content (AvgIpc) is 3.17. The molecule has 4 aromatic carbocycles. The number of aryl methyl sites for hydroxylation is 1. The van der Waals surface area contributed by atoms with E-state index >= 15 is 0 Å². The first-order valence-corrected chi connectivity index (χ1v) is 12.8. The molecule has 0 bridgehead atoms. The monoisotopic (exact) mass is 538 g/mol. The molecule has 0 spiro atoms. The van der Waals surface area contributed by atoms with Crippen molar-refractivity contribution in [3.63, 3.8) is 0 Å². The molecule has 1 fully saturated rings. The largest absolute Gasteiger partial charge is 0.484 e. The molecule has 4 aromatic rings. The summed E-state index contributed by atoms with van der Waals surface area (Å²) in [6.45, 7) is 1.64. The topological polar surface area (TPSA) is 91.0 Å². The zero-order valence-corrected chi connectivity index (χ0v) is 22.0. The third kappa shape index (κ3) is 5.89. The Balaban J connectivity index is 1.30. The summed E-state index contributed by atoms with van der Waals surface area (Å²) >= 11 is 5.59. The molecule has 39 heavy (non-hydrogen) atoms. The summed E-state index contributed by atoms with van der Waals surface area (Å²) in [6.07, 6.45) is -0.220. The lowest BCUT2D eigenvalue weighted by Crippen LogP contribution is -2.51. The molecule has 5 rings (SSSR count). The second-order valence-corrected chi connectivity index (χ2v) is 9.49. The Morgan fingerprint density at radius 1 is 0.872 bits per heavy atom. The van der Waals surface area contributed by atoms with Crippen LogP contribution in [0, 0.1) is 6.92 Å². The highest BCUT2D eigenvalue weighted by atomic mass is 32.1. The van der Waals surface area contributed by atoms with Gasteiger partial charge in [0.1, 0.15) is 11.8 Å². The van der Waals surface area contributed by atoms with Crippen LogP contribution in [0.25, 0.3) is 10.8 Å². The second kappa shape index (κ2) is 11.3. The van der Waals surface area contributed by atoms with Crippen molar-refractivity contribution in [1.82, 2.24) is 10.4 Å². The van der Waals surface area contributed by atoms with E-state index in [1.807, 2.05) is 61.5 Å². The molecule has 1 saturated heterocycles. The fourth-order valence-corrected chi connectivity index (χ4v) is 4.68. The molecule has 0 aliphatic carbocycles. The number of rotatable bonds is 8. The van der Waals surface area contributed by atoms with Gasteiger partial charge in [0.25, 0.3) is 11.8 Å². The molecule has 1 aliphatic rings. The first-order valence-electron chi connectivity index (χ1n) is 12.4. The normalized spacial score (nSPS) is 14.9. The fraction of sp³-hybridized carbons (Fsp3) is 0.133. The highest BCUT2D eigenvalue weighted by Crippen LogP contribution is 2.26. The summed E-state index contributed by atoms with van der Waals surface area (Å²) < 4.78 is 5.70. The smallest absolute Gasteiger partial charge is 0.276 e.